The fourth-order valence-corrected chi connectivity index (χ4v) is 2.11. The van der Waals surface area contributed by atoms with Crippen LogP contribution in [0.4, 0.5) is 5.69 Å². The first-order valence-electron chi connectivity index (χ1n) is 6.73. The summed E-state index contributed by atoms with van der Waals surface area (Å²) in [6, 6.07) is 18.9. The fraction of sp³-hybridized carbons (Fsp3) is 0.294. The molecule has 0 saturated heterocycles. The highest BCUT2D eigenvalue weighted by Crippen LogP contribution is 2.18. The van der Waals surface area contributed by atoms with Crippen LogP contribution < -0.4 is 4.90 Å². The van der Waals surface area contributed by atoms with Crippen molar-refractivity contribution in [3.8, 4) is 0 Å². The third-order valence-electron chi connectivity index (χ3n) is 3.19. The minimum Gasteiger partial charge on any atom is -0.367 e. The van der Waals surface area contributed by atoms with Crippen LogP contribution in [0, 0.1) is 6.92 Å². The van der Waals surface area contributed by atoms with E-state index in [1.807, 2.05) is 6.07 Å². The molecule has 2 heteroatoms. The fourth-order valence-electron chi connectivity index (χ4n) is 2.11. The molecule has 0 aliphatic heterocycles. The molecule has 2 nitrogen and oxygen atoms in total. The van der Waals surface area contributed by atoms with Crippen LogP contribution in [-0.2, 0) is 11.7 Å². The first kappa shape index (κ1) is 13.6. The molecule has 0 atom stereocenters. The van der Waals surface area contributed by atoms with Crippen LogP contribution >= 0.6 is 0 Å². The normalized spacial score (nSPS) is 10.4. The quantitative estimate of drug-likeness (QED) is 0.768. The number of aryl methyl sites for hydroxylation is 1. The summed E-state index contributed by atoms with van der Waals surface area (Å²) in [7, 11) is 0. The van der Waals surface area contributed by atoms with Crippen LogP contribution in [0.15, 0.2) is 54.6 Å². The summed E-state index contributed by atoms with van der Waals surface area (Å²) in [5.74, 6) is 0. The molecule has 99 valence electrons. The van der Waals surface area contributed by atoms with Crippen LogP contribution in [-0.4, -0.2) is 13.2 Å². The molecule has 0 aliphatic carbocycles. The van der Waals surface area contributed by atoms with Gasteiger partial charge in [0.25, 0.3) is 0 Å². The zero-order valence-electron chi connectivity index (χ0n) is 11.4. The highest BCUT2D eigenvalue weighted by molar-refractivity contribution is 5.48. The van der Waals surface area contributed by atoms with Crippen molar-refractivity contribution in [2.75, 3.05) is 18.1 Å². The Bertz CT molecular complexity index is 478. The minimum atomic E-state index is -0.0167. The zero-order valence-corrected chi connectivity index (χ0v) is 11.4. The number of hydrogen-bond donors (Lipinski definition) is 0. The van der Waals surface area contributed by atoms with Crippen molar-refractivity contribution in [2.24, 2.45) is 0 Å². The molecule has 0 fully saturated rings. The van der Waals surface area contributed by atoms with Crippen molar-refractivity contribution in [1.82, 2.24) is 0 Å². The molecule has 2 aromatic rings. The predicted molar refractivity (Wildman–Crippen MR) is 78.8 cm³/mol. The number of rotatable bonds is 6. The van der Waals surface area contributed by atoms with E-state index in [9.17, 15) is 5.11 Å². The van der Waals surface area contributed by atoms with Crippen molar-refractivity contribution in [3.63, 3.8) is 0 Å². The van der Waals surface area contributed by atoms with Crippen molar-refractivity contribution in [2.45, 2.75) is 19.9 Å². The Balaban J connectivity index is 2.13. The van der Waals surface area contributed by atoms with Gasteiger partial charge in [-0.1, -0.05) is 48.0 Å². The molecule has 0 spiro atoms. The van der Waals surface area contributed by atoms with Crippen LogP contribution in [0.1, 0.15) is 17.5 Å². The Hall–Kier alpha value is -1.80. The second-order valence-corrected chi connectivity index (χ2v) is 4.80. The molecule has 1 radical (unpaired) electrons. The average molecular weight is 254 g/mol. The highest BCUT2D eigenvalue weighted by atomic mass is 16.3. The van der Waals surface area contributed by atoms with Crippen molar-refractivity contribution in [1.29, 1.82) is 0 Å². The molecule has 0 aliphatic rings. The van der Waals surface area contributed by atoms with E-state index in [0.717, 1.165) is 13.1 Å². The van der Waals surface area contributed by atoms with E-state index in [4.69, 9.17) is 0 Å². The molecular formula is C17H20NO. The summed E-state index contributed by atoms with van der Waals surface area (Å²) in [6.07, 6.45) is 0.681. The molecule has 0 saturated carbocycles. The lowest BCUT2D eigenvalue weighted by molar-refractivity contribution is 0.190. The molecule has 0 N–H and O–H groups in total. The van der Waals surface area contributed by atoms with Crippen molar-refractivity contribution >= 4 is 5.69 Å². The van der Waals surface area contributed by atoms with Gasteiger partial charge >= 0.3 is 0 Å². The van der Waals surface area contributed by atoms with Gasteiger partial charge in [0.2, 0.25) is 0 Å². The largest absolute Gasteiger partial charge is 0.367 e. The molecule has 19 heavy (non-hydrogen) atoms. The summed E-state index contributed by atoms with van der Waals surface area (Å²) in [4.78, 5) is 2.27. The van der Waals surface area contributed by atoms with Gasteiger partial charge in [-0.3, -0.25) is 0 Å². The Morgan fingerprint density at radius 3 is 2.26 bits per heavy atom. The Labute approximate surface area is 115 Å². The maximum absolute atomic E-state index is 10.7. The topological polar surface area (TPSA) is 23.1 Å². The molecular weight excluding hydrogens is 234 g/mol. The van der Waals surface area contributed by atoms with Gasteiger partial charge in [-0.2, -0.15) is 0 Å². The zero-order chi connectivity index (χ0) is 13.5. The van der Waals surface area contributed by atoms with Gasteiger partial charge in [0.05, 0.1) is 6.61 Å². The third kappa shape index (κ3) is 4.11. The Morgan fingerprint density at radius 1 is 0.947 bits per heavy atom. The second-order valence-electron chi connectivity index (χ2n) is 4.80. The Morgan fingerprint density at radius 2 is 1.63 bits per heavy atom. The van der Waals surface area contributed by atoms with Gasteiger partial charge in [-0.05, 0) is 31.0 Å². The van der Waals surface area contributed by atoms with E-state index in [1.54, 1.807) is 0 Å². The van der Waals surface area contributed by atoms with E-state index in [-0.39, 0.29) is 6.61 Å². The molecule has 0 bridgehead atoms. The summed E-state index contributed by atoms with van der Waals surface area (Å²) >= 11 is 0. The van der Waals surface area contributed by atoms with E-state index in [1.165, 1.54) is 16.8 Å². The number of anilines is 1. The lowest BCUT2D eigenvalue weighted by atomic mass is 10.1. The van der Waals surface area contributed by atoms with E-state index < -0.39 is 0 Å². The van der Waals surface area contributed by atoms with E-state index >= 15 is 0 Å². The van der Waals surface area contributed by atoms with Crippen LogP contribution in [0.5, 0.6) is 0 Å². The molecule has 2 aromatic carbocycles. The van der Waals surface area contributed by atoms with Gasteiger partial charge in [0.1, 0.15) is 0 Å². The second kappa shape index (κ2) is 6.95. The maximum Gasteiger partial charge on any atom is 0.0839 e. The summed E-state index contributed by atoms with van der Waals surface area (Å²) in [5.41, 5.74) is 3.71. The SMILES string of the molecule is Cc1ccc(N(CCC[O])Cc2ccccc2)cc1. The van der Waals surface area contributed by atoms with Gasteiger partial charge in [-0.25, -0.2) is 5.11 Å². The predicted octanol–water partition coefficient (Wildman–Crippen LogP) is 3.82. The van der Waals surface area contributed by atoms with E-state index in [2.05, 4.69) is 60.4 Å². The number of benzene rings is 2. The first-order chi connectivity index (χ1) is 9.29. The van der Waals surface area contributed by atoms with Gasteiger partial charge in [0.15, 0.2) is 0 Å². The standard InChI is InChI=1S/C17H20NO/c1-15-8-10-17(11-9-15)18(12-5-13-19)14-16-6-3-2-4-7-16/h2-4,6-11H,5,12-14H2,1H3. The monoisotopic (exact) mass is 254 g/mol. The maximum atomic E-state index is 10.7. The van der Waals surface area contributed by atoms with Crippen molar-refractivity contribution < 1.29 is 5.11 Å². The average Bonchev–Trinajstić information content (AvgIpc) is 2.45. The van der Waals surface area contributed by atoms with Gasteiger partial charge in [-0.15, -0.1) is 0 Å². The molecule has 0 heterocycles. The first-order valence-corrected chi connectivity index (χ1v) is 6.73. The van der Waals surface area contributed by atoms with Crippen LogP contribution in [0.25, 0.3) is 0 Å². The molecule has 0 amide bonds. The van der Waals surface area contributed by atoms with Crippen molar-refractivity contribution in [3.05, 3.63) is 65.7 Å². The smallest absolute Gasteiger partial charge is 0.0839 e. The number of hydrogen-bond acceptors (Lipinski definition) is 1. The van der Waals surface area contributed by atoms with Crippen LogP contribution in [0.2, 0.25) is 0 Å². The van der Waals surface area contributed by atoms with Gasteiger partial charge in [0, 0.05) is 18.8 Å². The summed E-state index contributed by atoms with van der Waals surface area (Å²) in [6.45, 7) is 3.73. The molecule has 2 rings (SSSR count). The summed E-state index contributed by atoms with van der Waals surface area (Å²) in [5, 5.41) is 10.7. The summed E-state index contributed by atoms with van der Waals surface area (Å²) < 4.78 is 0. The minimum absolute atomic E-state index is 0.0167. The molecule has 0 aromatic heterocycles. The molecule has 0 unspecified atom stereocenters. The third-order valence-corrected chi connectivity index (χ3v) is 3.19. The van der Waals surface area contributed by atoms with Gasteiger partial charge < -0.3 is 4.90 Å². The number of nitrogens with zero attached hydrogens (tertiary/aromatic N) is 1. The van der Waals surface area contributed by atoms with Crippen LogP contribution in [0.3, 0.4) is 0 Å². The lowest BCUT2D eigenvalue weighted by Crippen LogP contribution is -2.24. The Kier molecular flexibility index (Phi) is 4.99. The van der Waals surface area contributed by atoms with E-state index in [0.29, 0.717) is 6.42 Å². The lowest BCUT2D eigenvalue weighted by Gasteiger charge is -2.25. The highest BCUT2D eigenvalue weighted by Gasteiger charge is 2.06.